The van der Waals surface area contributed by atoms with Crippen LogP contribution in [0.15, 0.2) is 5.38 Å². The first-order valence-electron chi connectivity index (χ1n) is 3.31. The molecule has 5 nitrogen and oxygen atoms in total. The molecular formula is C6H9N3O2S. The molecule has 6 heteroatoms. The molecule has 0 aliphatic heterocycles. The number of nitrogens with zero attached hydrogens (tertiary/aromatic N) is 1. The number of thiazole rings is 1. The van der Waals surface area contributed by atoms with Gasteiger partial charge in [0.1, 0.15) is 0 Å². The third-order valence-corrected chi connectivity index (χ3v) is 1.93. The Morgan fingerprint density at radius 3 is 3.17 bits per heavy atom. The van der Waals surface area contributed by atoms with Gasteiger partial charge in [0.25, 0.3) is 0 Å². The molecule has 0 aliphatic carbocycles. The Morgan fingerprint density at radius 1 is 1.83 bits per heavy atom. The average Bonchev–Trinajstić information content (AvgIpc) is 2.36. The van der Waals surface area contributed by atoms with Gasteiger partial charge in [0.05, 0.1) is 5.69 Å². The summed E-state index contributed by atoms with van der Waals surface area (Å²) in [6.45, 7) is 0.651. The lowest BCUT2D eigenvalue weighted by molar-refractivity contribution is 0.209. The third kappa shape index (κ3) is 2.48. The van der Waals surface area contributed by atoms with E-state index in [2.05, 4.69) is 15.6 Å². The van der Waals surface area contributed by atoms with E-state index < -0.39 is 6.09 Å². The molecule has 1 amide bonds. The Kier molecular flexibility index (Phi) is 3.01. The van der Waals surface area contributed by atoms with Gasteiger partial charge in [-0.05, 0) is 7.05 Å². The Labute approximate surface area is 73.4 Å². The fourth-order valence-electron chi connectivity index (χ4n) is 0.718. The Bertz CT molecular complexity index is 274. The van der Waals surface area contributed by atoms with Crippen LogP contribution in [0.2, 0.25) is 0 Å². The highest BCUT2D eigenvalue weighted by molar-refractivity contribution is 7.13. The molecule has 0 saturated carbocycles. The highest BCUT2D eigenvalue weighted by atomic mass is 32.1. The molecule has 0 fully saturated rings. The first kappa shape index (κ1) is 8.95. The summed E-state index contributed by atoms with van der Waals surface area (Å²) in [5.41, 5.74) is 0.839. The summed E-state index contributed by atoms with van der Waals surface area (Å²) < 4.78 is 0. The summed E-state index contributed by atoms with van der Waals surface area (Å²) >= 11 is 1.27. The summed E-state index contributed by atoms with van der Waals surface area (Å²) in [6.07, 6.45) is -1.08. The number of nitrogens with one attached hydrogen (secondary N) is 2. The van der Waals surface area contributed by atoms with Gasteiger partial charge in [-0.3, -0.25) is 5.32 Å². The molecule has 0 radical (unpaired) electrons. The van der Waals surface area contributed by atoms with Crippen molar-refractivity contribution in [2.45, 2.75) is 6.54 Å². The lowest BCUT2D eigenvalue weighted by Gasteiger charge is -1.92. The van der Waals surface area contributed by atoms with E-state index in [1.165, 1.54) is 11.3 Å². The standard InChI is InChI=1S/C6H9N3O2S/c1-7-2-4-3-12-5(8-4)9-6(10)11/h3,7H,2H2,1H3,(H,8,9)(H,10,11). The van der Waals surface area contributed by atoms with Crippen LogP contribution in [-0.2, 0) is 6.54 Å². The normalized spacial score (nSPS) is 9.75. The second kappa shape index (κ2) is 4.03. The lowest BCUT2D eigenvalue weighted by atomic mass is 10.5. The average molecular weight is 187 g/mol. The third-order valence-electron chi connectivity index (χ3n) is 1.12. The molecule has 0 atom stereocenters. The number of hydrogen-bond acceptors (Lipinski definition) is 4. The van der Waals surface area contributed by atoms with Crippen LogP contribution in [0.1, 0.15) is 5.69 Å². The van der Waals surface area contributed by atoms with Gasteiger partial charge in [-0.2, -0.15) is 0 Å². The fourth-order valence-corrected chi connectivity index (χ4v) is 1.42. The van der Waals surface area contributed by atoms with Gasteiger partial charge in [0, 0.05) is 11.9 Å². The smallest absolute Gasteiger partial charge is 0.410 e. The minimum atomic E-state index is -1.08. The molecule has 0 bridgehead atoms. The number of anilines is 1. The molecule has 0 aromatic carbocycles. The molecule has 0 saturated heterocycles. The van der Waals surface area contributed by atoms with Crippen LogP contribution < -0.4 is 10.6 Å². The second-order valence-electron chi connectivity index (χ2n) is 2.10. The minimum Gasteiger partial charge on any atom is -0.465 e. The Hall–Kier alpha value is -1.14. The number of carboxylic acid groups (broad SMARTS) is 1. The van der Waals surface area contributed by atoms with Crippen molar-refractivity contribution in [3.8, 4) is 0 Å². The number of aromatic nitrogens is 1. The first-order valence-corrected chi connectivity index (χ1v) is 4.19. The molecular weight excluding hydrogens is 178 g/mol. The maximum atomic E-state index is 10.2. The highest BCUT2D eigenvalue weighted by Gasteiger charge is 2.02. The van der Waals surface area contributed by atoms with Crippen LogP contribution >= 0.6 is 11.3 Å². The zero-order valence-electron chi connectivity index (χ0n) is 6.50. The van der Waals surface area contributed by atoms with Crippen LogP contribution in [0.4, 0.5) is 9.93 Å². The van der Waals surface area contributed by atoms with Crippen LogP contribution in [0.5, 0.6) is 0 Å². The lowest BCUT2D eigenvalue weighted by Crippen LogP contribution is -2.08. The van der Waals surface area contributed by atoms with Gasteiger partial charge in [0.15, 0.2) is 5.13 Å². The predicted molar refractivity (Wildman–Crippen MR) is 46.5 cm³/mol. The van der Waals surface area contributed by atoms with Gasteiger partial charge in [0.2, 0.25) is 0 Å². The highest BCUT2D eigenvalue weighted by Crippen LogP contribution is 2.14. The molecule has 0 unspecified atom stereocenters. The van der Waals surface area contributed by atoms with Crippen molar-refractivity contribution in [3.05, 3.63) is 11.1 Å². The van der Waals surface area contributed by atoms with Crippen molar-refractivity contribution >= 4 is 22.6 Å². The quantitative estimate of drug-likeness (QED) is 0.658. The zero-order valence-corrected chi connectivity index (χ0v) is 7.31. The van der Waals surface area contributed by atoms with E-state index in [0.29, 0.717) is 11.7 Å². The zero-order chi connectivity index (χ0) is 8.97. The van der Waals surface area contributed by atoms with E-state index in [9.17, 15) is 4.79 Å². The molecule has 66 valence electrons. The Morgan fingerprint density at radius 2 is 2.58 bits per heavy atom. The summed E-state index contributed by atoms with van der Waals surface area (Å²) in [7, 11) is 1.81. The van der Waals surface area contributed by atoms with Gasteiger partial charge in [-0.15, -0.1) is 11.3 Å². The number of carbonyl (C=O) groups is 1. The molecule has 0 spiro atoms. The van der Waals surface area contributed by atoms with E-state index >= 15 is 0 Å². The predicted octanol–water partition coefficient (Wildman–Crippen LogP) is 0.952. The van der Waals surface area contributed by atoms with Crippen LogP contribution in [-0.4, -0.2) is 23.2 Å². The molecule has 1 heterocycles. The van der Waals surface area contributed by atoms with Crippen LogP contribution in [0.3, 0.4) is 0 Å². The van der Waals surface area contributed by atoms with Crippen molar-refractivity contribution < 1.29 is 9.90 Å². The van der Waals surface area contributed by atoms with E-state index in [4.69, 9.17) is 5.11 Å². The minimum absolute atomic E-state index is 0.410. The van der Waals surface area contributed by atoms with Crippen molar-refractivity contribution in [1.29, 1.82) is 0 Å². The number of rotatable bonds is 3. The van der Waals surface area contributed by atoms with Gasteiger partial charge in [-0.25, -0.2) is 9.78 Å². The summed E-state index contributed by atoms with van der Waals surface area (Å²) in [5.74, 6) is 0. The SMILES string of the molecule is CNCc1csc(NC(=O)O)n1. The maximum Gasteiger partial charge on any atom is 0.410 e. The van der Waals surface area contributed by atoms with Crippen LogP contribution in [0.25, 0.3) is 0 Å². The first-order chi connectivity index (χ1) is 5.72. The van der Waals surface area contributed by atoms with E-state index in [0.717, 1.165) is 5.69 Å². The van der Waals surface area contributed by atoms with Crippen molar-refractivity contribution in [3.63, 3.8) is 0 Å². The monoisotopic (exact) mass is 187 g/mol. The summed E-state index contributed by atoms with van der Waals surface area (Å²) in [4.78, 5) is 14.2. The molecule has 1 aromatic rings. The fraction of sp³-hybridized carbons (Fsp3) is 0.333. The molecule has 3 N–H and O–H groups in total. The molecule has 0 aliphatic rings. The number of amides is 1. The Balaban J connectivity index is 2.58. The van der Waals surface area contributed by atoms with E-state index in [1.807, 2.05) is 12.4 Å². The maximum absolute atomic E-state index is 10.2. The second-order valence-corrected chi connectivity index (χ2v) is 2.96. The summed E-state index contributed by atoms with van der Waals surface area (Å²) in [6, 6.07) is 0. The largest absolute Gasteiger partial charge is 0.465 e. The molecule has 1 rings (SSSR count). The van der Waals surface area contributed by atoms with Crippen molar-refractivity contribution in [2.75, 3.05) is 12.4 Å². The molecule has 12 heavy (non-hydrogen) atoms. The van der Waals surface area contributed by atoms with Crippen molar-refractivity contribution in [2.24, 2.45) is 0 Å². The van der Waals surface area contributed by atoms with Gasteiger partial charge in [-0.1, -0.05) is 0 Å². The van der Waals surface area contributed by atoms with Gasteiger partial charge >= 0.3 is 6.09 Å². The van der Waals surface area contributed by atoms with E-state index in [-0.39, 0.29) is 0 Å². The molecule has 1 aromatic heterocycles. The van der Waals surface area contributed by atoms with E-state index in [1.54, 1.807) is 0 Å². The summed E-state index contributed by atoms with van der Waals surface area (Å²) in [5, 5.41) is 15.7. The van der Waals surface area contributed by atoms with Crippen molar-refractivity contribution in [1.82, 2.24) is 10.3 Å². The van der Waals surface area contributed by atoms with Gasteiger partial charge < -0.3 is 10.4 Å². The topological polar surface area (TPSA) is 74.2 Å². The van der Waals surface area contributed by atoms with Crippen LogP contribution in [0, 0.1) is 0 Å². The number of hydrogen-bond donors (Lipinski definition) is 3.